The summed E-state index contributed by atoms with van der Waals surface area (Å²) in [5, 5.41) is 8.49. The van der Waals surface area contributed by atoms with Gasteiger partial charge in [-0.1, -0.05) is 13.8 Å². The quantitative estimate of drug-likeness (QED) is 0.371. The van der Waals surface area contributed by atoms with Crippen LogP contribution in [0.2, 0.25) is 0 Å². The minimum Gasteiger partial charge on any atom is -0.362 e. The fourth-order valence-corrected chi connectivity index (χ4v) is 1.43. The van der Waals surface area contributed by atoms with E-state index < -0.39 is 0 Å². The highest BCUT2D eigenvalue weighted by atomic mass is 32.2. The van der Waals surface area contributed by atoms with E-state index in [0.717, 1.165) is 25.9 Å². The van der Waals surface area contributed by atoms with E-state index in [-0.39, 0.29) is 5.25 Å². The molecule has 1 unspecified atom stereocenters. The summed E-state index contributed by atoms with van der Waals surface area (Å²) in [5.74, 6) is 0. The van der Waals surface area contributed by atoms with Crippen LogP contribution < -0.4 is 0 Å². The first-order valence-electron chi connectivity index (χ1n) is 5.07. The van der Waals surface area contributed by atoms with Crippen LogP contribution in [0.1, 0.15) is 33.6 Å². The van der Waals surface area contributed by atoms with Gasteiger partial charge in [-0.2, -0.15) is 5.26 Å². The molecule has 0 bridgehead atoms. The minimum absolute atomic E-state index is 0.0589. The predicted molar refractivity (Wildman–Crippen MR) is 63.3 cm³/mol. The average molecular weight is 213 g/mol. The van der Waals surface area contributed by atoms with Crippen LogP contribution in [-0.2, 0) is 0 Å². The summed E-state index contributed by atoms with van der Waals surface area (Å²) in [6.07, 6.45) is 4.11. The Morgan fingerprint density at radius 2 is 2.00 bits per heavy atom. The van der Waals surface area contributed by atoms with Crippen LogP contribution in [0.15, 0.2) is 4.40 Å². The molecule has 0 radical (unpaired) electrons. The van der Waals surface area contributed by atoms with Crippen molar-refractivity contribution in [1.82, 2.24) is 4.90 Å². The van der Waals surface area contributed by atoms with Crippen molar-refractivity contribution >= 4 is 18.3 Å². The monoisotopic (exact) mass is 213 g/mol. The molecular formula is C10H19N3S. The summed E-state index contributed by atoms with van der Waals surface area (Å²) >= 11 is 1.32. The number of nitrogens with zero attached hydrogens (tertiary/aromatic N) is 3. The lowest BCUT2D eigenvalue weighted by Gasteiger charge is -2.16. The van der Waals surface area contributed by atoms with Gasteiger partial charge < -0.3 is 4.90 Å². The molecule has 0 aromatic heterocycles. The third kappa shape index (κ3) is 6.79. The molecule has 3 nitrogen and oxygen atoms in total. The van der Waals surface area contributed by atoms with Crippen molar-refractivity contribution < 1.29 is 0 Å². The van der Waals surface area contributed by atoms with E-state index in [1.807, 2.05) is 13.3 Å². The molecule has 0 N–H and O–H groups in total. The van der Waals surface area contributed by atoms with Crippen molar-refractivity contribution in [2.24, 2.45) is 4.40 Å². The van der Waals surface area contributed by atoms with Gasteiger partial charge in [0.05, 0.1) is 12.4 Å². The molecule has 0 aliphatic heterocycles. The second-order valence-corrected chi connectivity index (χ2v) is 4.26. The molecule has 0 heterocycles. The fraction of sp³-hybridized carbons (Fsp3) is 0.800. The van der Waals surface area contributed by atoms with Gasteiger partial charge in [0.1, 0.15) is 5.25 Å². The smallest absolute Gasteiger partial charge is 0.111 e. The minimum atomic E-state index is -0.0589. The van der Waals surface area contributed by atoms with E-state index in [4.69, 9.17) is 5.26 Å². The van der Waals surface area contributed by atoms with Gasteiger partial charge in [-0.05, 0) is 31.7 Å². The molecule has 0 aliphatic rings. The Hall–Kier alpha value is -0.690. The van der Waals surface area contributed by atoms with Gasteiger partial charge in [-0.3, -0.25) is 0 Å². The predicted octanol–water partition coefficient (Wildman–Crippen LogP) is 2.70. The van der Waals surface area contributed by atoms with Gasteiger partial charge in [-0.15, -0.1) is 0 Å². The Balaban J connectivity index is 3.83. The fourth-order valence-electron chi connectivity index (χ4n) is 1.01. The molecular weight excluding hydrogens is 194 g/mol. The third-order valence-electron chi connectivity index (χ3n) is 1.63. The van der Waals surface area contributed by atoms with Crippen LogP contribution >= 0.6 is 11.9 Å². The normalized spacial score (nSPS) is 12.7. The molecule has 0 rings (SSSR count). The number of rotatable bonds is 7. The number of nitriles is 1. The molecule has 0 saturated carbocycles. The topological polar surface area (TPSA) is 39.4 Å². The van der Waals surface area contributed by atoms with E-state index in [0.29, 0.717) is 0 Å². The van der Waals surface area contributed by atoms with Gasteiger partial charge >= 0.3 is 0 Å². The Kier molecular flexibility index (Phi) is 8.45. The molecule has 80 valence electrons. The molecule has 0 amide bonds. The maximum absolute atomic E-state index is 8.55. The first kappa shape index (κ1) is 13.3. The zero-order valence-corrected chi connectivity index (χ0v) is 10.0. The first-order chi connectivity index (χ1) is 6.74. The molecule has 0 saturated heterocycles. The van der Waals surface area contributed by atoms with Crippen LogP contribution in [-0.4, -0.2) is 29.6 Å². The lowest BCUT2D eigenvalue weighted by atomic mass is 10.4. The highest BCUT2D eigenvalue weighted by Crippen LogP contribution is 2.09. The summed E-state index contributed by atoms with van der Waals surface area (Å²) in [6, 6.07) is 2.13. The summed E-state index contributed by atoms with van der Waals surface area (Å²) in [7, 11) is 0. The van der Waals surface area contributed by atoms with E-state index in [1.54, 1.807) is 0 Å². The zero-order valence-electron chi connectivity index (χ0n) is 9.23. The molecule has 0 aromatic carbocycles. The number of hydrogen-bond donors (Lipinski definition) is 0. The van der Waals surface area contributed by atoms with Gasteiger partial charge in [0.25, 0.3) is 0 Å². The van der Waals surface area contributed by atoms with Crippen LogP contribution in [0.3, 0.4) is 0 Å². The highest BCUT2D eigenvalue weighted by molar-refractivity contribution is 7.98. The summed E-state index contributed by atoms with van der Waals surface area (Å²) in [5.41, 5.74) is 0. The molecule has 4 heteroatoms. The van der Waals surface area contributed by atoms with Gasteiger partial charge in [0.15, 0.2) is 0 Å². The molecule has 0 spiro atoms. The van der Waals surface area contributed by atoms with Crippen LogP contribution in [0.5, 0.6) is 0 Å². The van der Waals surface area contributed by atoms with E-state index >= 15 is 0 Å². The van der Waals surface area contributed by atoms with Crippen molar-refractivity contribution in [3.8, 4) is 6.07 Å². The lowest BCUT2D eigenvalue weighted by Crippen LogP contribution is -2.23. The molecule has 0 aromatic rings. The summed E-state index contributed by atoms with van der Waals surface area (Å²) < 4.78 is 4.17. The Labute approximate surface area is 91.3 Å². The molecule has 0 fully saturated rings. The Bertz CT molecular complexity index is 192. The first-order valence-corrected chi connectivity index (χ1v) is 5.91. The lowest BCUT2D eigenvalue weighted by molar-refractivity contribution is 0.429. The third-order valence-corrected chi connectivity index (χ3v) is 2.27. The maximum atomic E-state index is 8.55. The average Bonchev–Trinajstić information content (AvgIpc) is 2.18. The standard InChI is InChI=1S/C10H19N3S/c1-4-6-13(7-5-2)9-12-14-10(3)8-11/h9-10H,4-7H2,1-3H3/b12-9+. The van der Waals surface area contributed by atoms with Crippen LogP contribution in [0.4, 0.5) is 0 Å². The summed E-state index contributed by atoms with van der Waals surface area (Å²) in [4.78, 5) is 2.19. The van der Waals surface area contributed by atoms with E-state index in [2.05, 4.69) is 29.2 Å². The molecule has 14 heavy (non-hydrogen) atoms. The molecule has 0 aliphatic carbocycles. The highest BCUT2D eigenvalue weighted by Gasteiger charge is 1.98. The second-order valence-electron chi connectivity index (χ2n) is 3.13. The SMILES string of the molecule is CCCN(/C=N/SC(C)C#N)CCC. The zero-order chi connectivity index (χ0) is 10.8. The maximum Gasteiger partial charge on any atom is 0.111 e. The largest absolute Gasteiger partial charge is 0.362 e. The Morgan fingerprint density at radius 3 is 2.43 bits per heavy atom. The summed E-state index contributed by atoms with van der Waals surface area (Å²) in [6.45, 7) is 8.24. The van der Waals surface area contributed by atoms with E-state index in [9.17, 15) is 0 Å². The van der Waals surface area contributed by atoms with E-state index in [1.165, 1.54) is 11.9 Å². The van der Waals surface area contributed by atoms with Crippen molar-refractivity contribution in [3.05, 3.63) is 0 Å². The van der Waals surface area contributed by atoms with Crippen molar-refractivity contribution in [1.29, 1.82) is 5.26 Å². The molecule has 1 atom stereocenters. The van der Waals surface area contributed by atoms with Gasteiger partial charge in [0, 0.05) is 13.1 Å². The van der Waals surface area contributed by atoms with Crippen molar-refractivity contribution in [3.63, 3.8) is 0 Å². The van der Waals surface area contributed by atoms with Gasteiger partial charge in [0.2, 0.25) is 0 Å². The second kappa shape index (κ2) is 8.89. The number of hydrogen-bond acceptors (Lipinski definition) is 3. The van der Waals surface area contributed by atoms with Crippen LogP contribution in [0.25, 0.3) is 0 Å². The van der Waals surface area contributed by atoms with Crippen molar-refractivity contribution in [2.75, 3.05) is 13.1 Å². The van der Waals surface area contributed by atoms with Gasteiger partial charge in [-0.25, -0.2) is 4.40 Å². The van der Waals surface area contributed by atoms with Crippen LogP contribution in [0, 0.1) is 11.3 Å². The Morgan fingerprint density at radius 1 is 1.43 bits per heavy atom. The van der Waals surface area contributed by atoms with Crippen molar-refractivity contribution in [2.45, 2.75) is 38.9 Å².